The van der Waals surface area contributed by atoms with Crippen LogP contribution in [0.1, 0.15) is 53.4 Å². The molecule has 0 aromatic rings. The van der Waals surface area contributed by atoms with Gasteiger partial charge in [0.15, 0.2) is 0 Å². The molecule has 0 saturated carbocycles. The Bertz CT molecular complexity index is 125. The zero-order valence-corrected chi connectivity index (χ0v) is 11.1. The molecule has 0 aliphatic carbocycles. The lowest BCUT2D eigenvalue weighted by Gasteiger charge is -2.22. The SMILES string of the molecule is CCCC(N)C(CC)SCCC(C)C. The minimum atomic E-state index is 0.405. The predicted octanol–water partition coefficient (Wildman–Crippen LogP) is 3.67. The number of hydrogen-bond donors (Lipinski definition) is 1. The Morgan fingerprint density at radius 3 is 2.21 bits per heavy atom. The van der Waals surface area contributed by atoms with Gasteiger partial charge in [-0.05, 0) is 30.9 Å². The lowest BCUT2D eigenvalue weighted by molar-refractivity contribution is 0.564. The van der Waals surface area contributed by atoms with Crippen molar-refractivity contribution in [2.75, 3.05) is 5.75 Å². The third-order valence-corrected chi connectivity index (χ3v) is 4.11. The maximum absolute atomic E-state index is 6.14. The van der Waals surface area contributed by atoms with Gasteiger partial charge in [-0.3, -0.25) is 0 Å². The second kappa shape index (κ2) is 8.60. The molecule has 2 N–H and O–H groups in total. The number of nitrogens with two attached hydrogens (primary N) is 1. The molecule has 0 bridgehead atoms. The van der Waals surface area contributed by atoms with Crippen LogP contribution in [-0.4, -0.2) is 17.0 Å². The van der Waals surface area contributed by atoms with Gasteiger partial charge in [-0.25, -0.2) is 0 Å². The van der Waals surface area contributed by atoms with Crippen LogP contribution in [0.3, 0.4) is 0 Å². The molecule has 0 heterocycles. The van der Waals surface area contributed by atoms with Gasteiger partial charge < -0.3 is 5.73 Å². The van der Waals surface area contributed by atoms with Gasteiger partial charge in [0.1, 0.15) is 0 Å². The van der Waals surface area contributed by atoms with E-state index in [0.717, 1.165) is 5.92 Å². The minimum Gasteiger partial charge on any atom is -0.327 e. The van der Waals surface area contributed by atoms with Crippen LogP contribution in [0.4, 0.5) is 0 Å². The summed E-state index contributed by atoms with van der Waals surface area (Å²) in [5.74, 6) is 2.09. The zero-order valence-electron chi connectivity index (χ0n) is 10.3. The van der Waals surface area contributed by atoms with E-state index in [2.05, 4.69) is 39.5 Å². The van der Waals surface area contributed by atoms with Gasteiger partial charge in [-0.2, -0.15) is 11.8 Å². The summed E-state index contributed by atoms with van der Waals surface area (Å²) in [6.07, 6.45) is 4.92. The van der Waals surface area contributed by atoms with Crippen LogP contribution < -0.4 is 5.73 Å². The van der Waals surface area contributed by atoms with Crippen LogP contribution in [0.25, 0.3) is 0 Å². The van der Waals surface area contributed by atoms with Crippen LogP contribution >= 0.6 is 11.8 Å². The van der Waals surface area contributed by atoms with Crippen molar-refractivity contribution < 1.29 is 0 Å². The van der Waals surface area contributed by atoms with Crippen molar-refractivity contribution in [2.45, 2.75) is 64.7 Å². The Labute approximate surface area is 94.2 Å². The Balaban J connectivity index is 3.66. The molecule has 2 heteroatoms. The van der Waals surface area contributed by atoms with Gasteiger partial charge in [0.2, 0.25) is 0 Å². The lowest BCUT2D eigenvalue weighted by Crippen LogP contribution is -2.32. The van der Waals surface area contributed by atoms with Crippen LogP contribution in [-0.2, 0) is 0 Å². The molecule has 0 aromatic heterocycles. The van der Waals surface area contributed by atoms with Gasteiger partial charge in [0.25, 0.3) is 0 Å². The summed E-state index contributed by atoms with van der Waals surface area (Å²) in [4.78, 5) is 0. The van der Waals surface area contributed by atoms with Gasteiger partial charge in [0.05, 0.1) is 0 Å². The van der Waals surface area contributed by atoms with Crippen molar-refractivity contribution in [2.24, 2.45) is 11.7 Å². The molecule has 0 saturated heterocycles. The minimum absolute atomic E-state index is 0.405. The Kier molecular flexibility index (Phi) is 8.80. The van der Waals surface area contributed by atoms with Crippen molar-refractivity contribution in [3.05, 3.63) is 0 Å². The molecule has 2 atom stereocenters. The van der Waals surface area contributed by atoms with Crippen LogP contribution in [0.15, 0.2) is 0 Å². The van der Waals surface area contributed by atoms with Gasteiger partial charge in [-0.1, -0.05) is 34.1 Å². The van der Waals surface area contributed by atoms with Gasteiger partial charge in [-0.15, -0.1) is 0 Å². The third kappa shape index (κ3) is 6.72. The fourth-order valence-electron chi connectivity index (χ4n) is 1.52. The van der Waals surface area contributed by atoms with Crippen molar-refractivity contribution >= 4 is 11.8 Å². The highest BCUT2D eigenvalue weighted by Crippen LogP contribution is 2.21. The molecule has 0 spiro atoms. The van der Waals surface area contributed by atoms with E-state index in [1.54, 1.807) is 0 Å². The molecule has 0 rings (SSSR count). The largest absolute Gasteiger partial charge is 0.327 e. The molecule has 2 unspecified atom stereocenters. The van der Waals surface area contributed by atoms with E-state index < -0.39 is 0 Å². The summed E-state index contributed by atoms with van der Waals surface area (Å²) in [5, 5.41) is 0.675. The summed E-state index contributed by atoms with van der Waals surface area (Å²) in [5.41, 5.74) is 6.14. The van der Waals surface area contributed by atoms with Gasteiger partial charge in [0, 0.05) is 11.3 Å². The molecule has 0 amide bonds. The van der Waals surface area contributed by atoms with Crippen molar-refractivity contribution in [1.29, 1.82) is 0 Å². The average molecular weight is 217 g/mol. The summed E-state index contributed by atoms with van der Waals surface area (Å²) in [6, 6.07) is 0.405. The molecule has 0 aliphatic heterocycles. The zero-order chi connectivity index (χ0) is 11.0. The van der Waals surface area contributed by atoms with E-state index in [1.165, 1.54) is 31.4 Å². The number of rotatable bonds is 8. The molecule has 0 aliphatic rings. The van der Waals surface area contributed by atoms with E-state index in [-0.39, 0.29) is 0 Å². The molecule has 0 aromatic carbocycles. The molecular weight excluding hydrogens is 190 g/mol. The lowest BCUT2D eigenvalue weighted by atomic mass is 10.1. The van der Waals surface area contributed by atoms with E-state index in [0.29, 0.717) is 11.3 Å². The molecule has 14 heavy (non-hydrogen) atoms. The number of hydrogen-bond acceptors (Lipinski definition) is 2. The van der Waals surface area contributed by atoms with Crippen molar-refractivity contribution in [1.82, 2.24) is 0 Å². The fourth-order valence-corrected chi connectivity index (χ4v) is 3.05. The van der Waals surface area contributed by atoms with E-state index in [1.807, 2.05) is 0 Å². The topological polar surface area (TPSA) is 26.0 Å². The first kappa shape index (κ1) is 14.3. The third-order valence-electron chi connectivity index (χ3n) is 2.53. The molecular formula is C12H27NS. The molecule has 86 valence electrons. The van der Waals surface area contributed by atoms with Crippen LogP contribution in [0.5, 0.6) is 0 Å². The Hall–Kier alpha value is 0.310. The van der Waals surface area contributed by atoms with Gasteiger partial charge >= 0.3 is 0 Å². The Morgan fingerprint density at radius 2 is 1.79 bits per heavy atom. The monoisotopic (exact) mass is 217 g/mol. The first-order chi connectivity index (χ1) is 6.61. The smallest absolute Gasteiger partial charge is 0.0196 e. The second-order valence-electron chi connectivity index (χ2n) is 4.45. The standard InChI is InChI=1S/C12H27NS/c1-5-7-11(13)12(6-2)14-9-8-10(3)4/h10-12H,5-9,13H2,1-4H3. The summed E-state index contributed by atoms with van der Waals surface area (Å²) < 4.78 is 0. The fraction of sp³-hybridized carbons (Fsp3) is 1.00. The Morgan fingerprint density at radius 1 is 1.14 bits per heavy atom. The average Bonchev–Trinajstić information content (AvgIpc) is 2.12. The summed E-state index contributed by atoms with van der Waals surface area (Å²) in [6.45, 7) is 9.04. The number of thioether (sulfide) groups is 1. The highest BCUT2D eigenvalue weighted by molar-refractivity contribution is 7.99. The van der Waals surface area contributed by atoms with E-state index in [4.69, 9.17) is 5.73 Å². The van der Waals surface area contributed by atoms with Crippen molar-refractivity contribution in [3.8, 4) is 0 Å². The highest BCUT2D eigenvalue weighted by atomic mass is 32.2. The summed E-state index contributed by atoms with van der Waals surface area (Å²) >= 11 is 2.07. The maximum Gasteiger partial charge on any atom is 0.0196 e. The normalized spacial score (nSPS) is 15.9. The molecule has 0 fully saturated rings. The molecule has 1 nitrogen and oxygen atoms in total. The van der Waals surface area contributed by atoms with E-state index >= 15 is 0 Å². The highest BCUT2D eigenvalue weighted by Gasteiger charge is 2.15. The second-order valence-corrected chi connectivity index (χ2v) is 5.80. The first-order valence-electron chi connectivity index (χ1n) is 5.98. The quantitative estimate of drug-likeness (QED) is 0.671. The molecule has 0 radical (unpaired) electrons. The van der Waals surface area contributed by atoms with Crippen LogP contribution in [0.2, 0.25) is 0 Å². The first-order valence-corrected chi connectivity index (χ1v) is 7.03. The van der Waals surface area contributed by atoms with Crippen molar-refractivity contribution in [3.63, 3.8) is 0 Å². The van der Waals surface area contributed by atoms with E-state index in [9.17, 15) is 0 Å². The van der Waals surface area contributed by atoms with Crippen LogP contribution in [0, 0.1) is 5.92 Å². The summed E-state index contributed by atoms with van der Waals surface area (Å²) in [7, 11) is 0. The predicted molar refractivity (Wildman–Crippen MR) is 68.9 cm³/mol. The maximum atomic E-state index is 6.14.